The third-order valence-corrected chi connectivity index (χ3v) is 5.11. The number of nitrogens with zero attached hydrogens (tertiary/aromatic N) is 1. The molecule has 0 saturated heterocycles. The molecule has 0 aliphatic heterocycles. The van der Waals surface area contributed by atoms with Gasteiger partial charge in [-0.05, 0) is 61.2 Å². The van der Waals surface area contributed by atoms with Gasteiger partial charge in [-0.1, -0.05) is 48.0 Å². The monoisotopic (exact) mass is 378 g/mol. The number of hydrogen-bond donors (Lipinski definition) is 1. The van der Waals surface area contributed by atoms with Gasteiger partial charge in [-0.25, -0.2) is 8.42 Å². The summed E-state index contributed by atoms with van der Waals surface area (Å²) >= 11 is 0. The van der Waals surface area contributed by atoms with E-state index in [1.807, 2.05) is 67.6 Å². The first kappa shape index (κ1) is 18.9. The summed E-state index contributed by atoms with van der Waals surface area (Å²) in [5, 5.41) is 1.19. The molecule has 1 aromatic heterocycles. The molecular formula is C22H22N2O2S. The van der Waals surface area contributed by atoms with E-state index in [-0.39, 0.29) is 0 Å². The van der Waals surface area contributed by atoms with Crippen LogP contribution < -0.4 is 4.72 Å². The van der Waals surface area contributed by atoms with E-state index in [2.05, 4.69) is 9.71 Å². The smallest absolute Gasteiger partial charge is 0.255 e. The Balaban J connectivity index is 1.64. The summed E-state index contributed by atoms with van der Waals surface area (Å²) in [5.74, 6) is 0. The van der Waals surface area contributed by atoms with Crippen molar-refractivity contribution < 1.29 is 8.42 Å². The van der Waals surface area contributed by atoms with Crippen LogP contribution in [0, 0.1) is 6.92 Å². The van der Waals surface area contributed by atoms with Crippen LogP contribution in [0.5, 0.6) is 0 Å². The summed E-state index contributed by atoms with van der Waals surface area (Å²) in [5.41, 5.74) is 4.61. The summed E-state index contributed by atoms with van der Waals surface area (Å²) in [6.45, 7) is 1.99. The molecule has 3 aromatic rings. The predicted molar refractivity (Wildman–Crippen MR) is 111 cm³/mol. The average Bonchev–Trinajstić information content (AvgIpc) is 2.67. The molecular weight excluding hydrogens is 356 g/mol. The van der Waals surface area contributed by atoms with Gasteiger partial charge in [-0.2, -0.15) is 0 Å². The normalized spacial score (nSPS) is 11.6. The predicted octanol–water partition coefficient (Wildman–Crippen LogP) is 4.59. The lowest BCUT2D eigenvalue weighted by Crippen LogP contribution is -2.09. The molecule has 138 valence electrons. The van der Waals surface area contributed by atoms with Crippen molar-refractivity contribution in [2.45, 2.75) is 19.8 Å². The van der Waals surface area contributed by atoms with Crippen LogP contribution in [-0.2, 0) is 22.9 Å². The average molecular weight is 378 g/mol. The molecule has 0 radical (unpaired) electrons. The lowest BCUT2D eigenvalue weighted by atomic mass is 10.1. The molecule has 0 aliphatic rings. The quantitative estimate of drug-likeness (QED) is 0.654. The van der Waals surface area contributed by atoms with Gasteiger partial charge in [0.2, 0.25) is 0 Å². The molecule has 5 heteroatoms. The third-order valence-electron chi connectivity index (χ3n) is 4.10. The number of pyridine rings is 1. The Hall–Kier alpha value is -2.92. The van der Waals surface area contributed by atoms with Gasteiger partial charge < -0.3 is 0 Å². The fourth-order valence-electron chi connectivity index (χ4n) is 2.65. The standard InChI is InChI=1S/C22H22N2O2S/c1-18-8-10-19(11-9-18)14-16-27(25,26)24-22-7-4-5-20(17-22)12-13-21-6-2-3-15-23-21/h2-11,14-17,24H,12-13H2,1H3/b16-14+. The van der Waals surface area contributed by atoms with Crippen LogP contribution in [0.25, 0.3) is 6.08 Å². The zero-order valence-corrected chi connectivity index (χ0v) is 16.0. The summed E-state index contributed by atoms with van der Waals surface area (Å²) < 4.78 is 27.3. The summed E-state index contributed by atoms with van der Waals surface area (Å²) in [4.78, 5) is 4.31. The lowest BCUT2D eigenvalue weighted by Gasteiger charge is -2.07. The van der Waals surface area contributed by atoms with Crippen molar-refractivity contribution in [3.8, 4) is 0 Å². The Morgan fingerprint density at radius 2 is 1.78 bits per heavy atom. The highest BCUT2D eigenvalue weighted by molar-refractivity contribution is 7.95. The molecule has 0 bridgehead atoms. The first-order valence-corrected chi connectivity index (χ1v) is 10.3. The second kappa shape index (κ2) is 8.64. The van der Waals surface area contributed by atoms with E-state index in [0.717, 1.165) is 35.2 Å². The highest BCUT2D eigenvalue weighted by atomic mass is 32.2. The molecule has 2 aromatic carbocycles. The fraction of sp³-hybridized carbons (Fsp3) is 0.136. The second-order valence-electron chi connectivity index (χ2n) is 6.38. The Labute approximate surface area is 160 Å². The van der Waals surface area contributed by atoms with E-state index in [0.29, 0.717) is 5.69 Å². The number of sulfonamides is 1. The van der Waals surface area contributed by atoms with E-state index in [1.54, 1.807) is 18.3 Å². The zero-order chi connectivity index (χ0) is 19.1. The molecule has 0 aliphatic carbocycles. The minimum atomic E-state index is -3.57. The van der Waals surface area contributed by atoms with Gasteiger partial charge in [-0.15, -0.1) is 0 Å². The topological polar surface area (TPSA) is 59.1 Å². The maximum absolute atomic E-state index is 12.3. The van der Waals surface area contributed by atoms with Crippen molar-refractivity contribution in [1.82, 2.24) is 4.98 Å². The minimum Gasteiger partial charge on any atom is -0.280 e. The number of anilines is 1. The Morgan fingerprint density at radius 3 is 2.52 bits per heavy atom. The van der Waals surface area contributed by atoms with Crippen LogP contribution in [0.2, 0.25) is 0 Å². The van der Waals surface area contributed by atoms with Crippen LogP contribution in [0.3, 0.4) is 0 Å². The van der Waals surface area contributed by atoms with Gasteiger partial charge in [0.1, 0.15) is 0 Å². The van der Waals surface area contributed by atoms with Crippen molar-refractivity contribution in [2.24, 2.45) is 0 Å². The van der Waals surface area contributed by atoms with Gasteiger partial charge in [0.05, 0.1) is 5.41 Å². The van der Waals surface area contributed by atoms with E-state index in [4.69, 9.17) is 0 Å². The van der Waals surface area contributed by atoms with Crippen molar-refractivity contribution in [3.05, 3.63) is 101 Å². The minimum absolute atomic E-state index is 0.557. The summed E-state index contributed by atoms with van der Waals surface area (Å²) in [6, 6.07) is 21.0. The van der Waals surface area contributed by atoms with Crippen LogP contribution in [0.1, 0.15) is 22.4 Å². The van der Waals surface area contributed by atoms with Gasteiger partial charge in [0.25, 0.3) is 10.0 Å². The highest BCUT2D eigenvalue weighted by Gasteiger charge is 2.06. The second-order valence-corrected chi connectivity index (χ2v) is 7.95. The Morgan fingerprint density at radius 1 is 0.963 bits per heavy atom. The van der Waals surface area contributed by atoms with Crippen molar-refractivity contribution in [3.63, 3.8) is 0 Å². The van der Waals surface area contributed by atoms with Crippen molar-refractivity contribution >= 4 is 21.8 Å². The van der Waals surface area contributed by atoms with E-state index in [9.17, 15) is 8.42 Å². The van der Waals surface area contributed by atoms with Crippen molar-refractivity contribution in [1.29, 1.82) is 0 Å². The number of aryl methyl sites for hydroxylation is 3. The molecule has 1 heterocycles. The lowest BCUT2D eigenvalue weighted by molar-refractivity contribution is 0.609. The van der Waals surface area contributed by atoms with Crippen LogP contribution in [-0.4, -0.2) is 13.4 Å². The number of rotatable bonds is 7. The Kier molecular flexibility index (Phi) is 6.04. The van der Waals surface area contributed by atoms with Gasteiger partial charge in [0.15, 0.2) is 0 Å². The Bertz CT molecular complexity index is 1010. The SMILES string of the molecule is Cc1ccc(/C=C/S(=O)(=O)Nc2cccc(CCc3ccccn3)c2)cc1. The molecule has 27 heavy (non-hydrogen) atoms. The first-order chi connectivity index (χ1) is 13.0. The van der Waals surface area contributed by atoms with Gasteiger partial charge >= 0.3 is 0 Å². The van der Waals surface area contributed by atoms with E-state index >= 15 is 0 Å². The maximum atomic E-state index is 12.3. The number of hydrogen-bond acceptors (Lipinski definition) is 3. The molecule has 3 rings (SSSR count). The molecule has 1 N–H and O–H groups in total. The number of benzene rings is 2. The van der Waals surface area contributed by atoms with Crippen LogP contribution in [0.4, 0.5) is 5.69 Å². The summed E-state index contributed by atoms with van der Waals surface area (Å²) in [7, 11) is -3.57. The molecule has 0 amide bonds. The van der Waals surface area contributed by atoms with Crippen LogP contribution >= 0.6 is 0 Å². The molecule has 0 unspecified atom stereocenters. The number of nitrogens with one attached hydrogen (secondary N) is 1. The fourth-order valence-corrected chi connectivity index (χ4v) is 3.51. The van der Waals surface area contributed by atoms with E-state index < -0.39 is 10.0 Å². The molecule has 0 saturated carbocycles. The maximum Gasteiger partial charge on any atom is 0.255 e. The molecule has 0 fully saturated rings. The first-order valence-electron chi connectivity index (χ1n) is 8.77. The molecule has 4 nitrogen and oxygen atoms in total. The third kappa shape index (κ3) is 6.08. The molecule has 0 spiro atoms. The summed E-state index contributed by atoms with van der Waals surface area (Å²) in [6.07, 6.45) is 4.98. The number of aromatic nitrogens is 1. The van der Waals surface area contributed by atoms with Gasteiger partial charge in [0, 0.05) is 17.6 Å². The largest absolute Gasteiger partial charge is 0.280 e. The van der Waals surface area contributed by atoms with Crippen molar-refractivity contribution in [2.75, 3.05) is 4.72 Å². The van der Waals surface area contributed by atoms with Crippen LogP contribution in [0.15, 0.2) is 78.3 Å². The zero-order valence-electron chi connectivity index (χ0n) is 15.2. The van der Waals surface area contributed by atoms with Gasteiger partial charge in [-0.3, -0.25) is 9.71 Å². The highest BCUT2D eigenvalue weighted by Crippen LogP contribution is 2.15. The van der Waals surface area contributed by atoms with E-state index in [1.165, 1.54) is 5.41 Å². The molecule has 0 atom stereocenters.